The lowest BCUT2D eigenvalue weighted by Gasteiger charge is -2.15. The lowest BCUT2D eigenvalue weighted by atomic mass is 10.1. The highest BCUT2D eigenvalue weighted by atomic mass is 32.2. The van der Waals surface area contributed by atoms with Gasteiger partial charge in [0.25, 0.3) is 5.91 Å². The third kappa shape index (κ3) is 6.62. The number of anilines is 1. The summed E-state index contributed by atoms with van der Waals surface area (Å²) in [5.41, 5.74) is 2.12. The zero-order valence-corrected chi connectivity index (χ0v) is 18.4. The Bertz CT molecular complexity index is 1010. The maximum atomic E-state index is 12.7. The molecule has 0 aromatic heterocycles. The first-order valence-corrected chi connectivity index (χ1v) is 11.0. The van der Waals surface area contributed by atoms with Gasteiger partial charge >= 0.3 is 0 Å². The number of para-hydroxylation sites is 1. The van der Waals surface area contributed by atoms with Gasteiger partial charge in [-0.05, 0) is 55.3 Å². The number of hydrogen-bond donors (Lipinski definition) is 2. The second-order valence-corrected chi connectivity index (χ2v) is 8.38. The second-order valence-electron chi connectivity index (χ2n) is 6.96. The van der Waals surface area contributed by atoms with Crippen LogP contribution < -0.4 is 15.4 Å². The molecule has 0 aliphatic heterocycles. The number of amides is 2. The highest BCUT2D eigenvalue weighted by molar-refractivity contribution is 8.00. The van der Waals surface area contributed by atoms with Crippen molar-refractivity contribution < 1.29 is 14.3 Å². The molecule has 6 heteroatoms. The summed E-state index contributed by atoms with van der Waals surface area (Å²) in [5.74, 6) is 0.404. The molecule has 160 valence electrons. The van der Waals surface area contributed by atoms with E-state index in [1.807, 2.05) is 61.5 Å². The topological polar surface area (TPSA) is 67.4 Å². The first-order chi connectivity index (χ1) is 15.1. The van der Waals surface area contributed by atoms with E-state index in [1.54, 1.807) is 31.4 Å². The van der Waals surface area contributed by atoms with E-state index in [-0.39, 0.29) is 17.1 Å². The molecular weight excluding hydrogens is 408 g/mol. The molecule has 0 aliphatic carbocycles. The van der Waals surface area contributed by atoms with E-state index in [9.17, 15) is 9.59 Å². The van der Waals surface area contributed by atoms with Crippen LogP contribution in [0.1, 0.15) is 22.8 Å². The molecule has 0 spiro atoms. The van der Waals surface area contributed by atoms with Crippen molar-refractivity contribution in [3.8, 4) is 5.75 Å². The van der Waals surface area contributed by atoms with E-state index in [0.717, 1.165) is 22.6 Å². The number of thioether (sulfide) groups is 1. The van der Waals surface area contributed by atoms with Gasteiger partial charge in [0.2, 0.25) is 5.91 Å². The van der Waals surface area contributed by atoms with Crippen LogP contribution >= 0.6 is 11.8 Å². The molecule has 0 aliphatic rings. The summed E-state index contributed by atoms with van der Waals surface area (Å²) >= 11 is 1.45. The van der Waals surface area contributed by atoms with Crippen molar-refractivity contribution in [1.82, 2.24) is 5.32 Å². The van der Waals surface area contributed by atoms with Crippen molar-refractivity contribution in [2.75, 3.05) is 19.0 Å². The van der Waals surface area contributed by atoms with Crippen LogP contribution in [0.5, 0.6) is 5.75 Å². The first-order valence-electron chi connectivity index (χ1n) is 10.1. The molecular formula is C25H26N2O3S. The van der Waals surface area contributed by atoms with Crippen LogP contribution in [0.15, 0.2) is 83.8 Å². The monoisotopic (exact) mass is 434 g/mol. The van der Waals surface area contributed by atoms with E-state index in [1.165, 1.54) is 11.8 Å². The van der Waals surface area contributed by atoms with Gasteiger partial charge in [0.15, 0.2) is 0 Å². The number of carbonyl (C=O) groups excluding carboxylic acids is 2. The van der Waals surface area contributed by atoms with Crippen molar-refractivity contribution in [3.63, 3.8) is 0 Å². The molecule has 0 saturated carbocycles. The second kappa shape index (κ2) is 11.2. The average Bonchev–Trinajstić information content (AvgIpc) is 2.80. The fourth-order valence-electron chi connectivity index (χ4n) is 3.00. The maximum absolute atomic E-state index is 12.7. The SMILES string of the molecule is COc1ccc(S[C@@H](C)C(=O)Nc2ccccc2C(=O)NCCc2ccccc2)cc1. The zero-order valence-electron chi connectivity index (χ0n) is 17.6. The Morgan fingerprint density at radius 2 is 1.61 bits per heavy atom. The van der Waals surface area contributed by atoms with Crippen molar-refractivity contribution in [2.24, 2.45) is 0 Å². The Morgan fingerprint density at radius 1 is 0.935 bits per heavy atom. The molecule has 31 heavy (non-hydrogen) atoms. The van der Waals surface area contributed by atoms with E-state index < -0.39 is 0 Å². The maximum Gasteiger partial charge on any atom is 0.253 e. The number of methoxy groups -OCH3 is 1. The van der Waals surface area contributed by atoms with Crippen LogP contribution in [0.2, 0.25) is 0 Å². The van der Waals surface area contributed by atoms with Gasteiger partial charge < -0.3 is 15.4 Å². The van der Waals surface area contributed by atoms with Gasteiger partial charge in [-0.3, -0.25) is 9.59 Å². The summed E-state index contributed by atoms with van der Waals surface area (Å²) in [6.45, 7) is 2.36. The van der Waals surface area contributed by atoms with Gasteiger partial charge in [0.05, 0.1) is 23.6 Å². The summed E-state index contributed by atoms with van der Waals surface area (Å²) in [6.07, 6.45) is 0.747. The fourth-order valence-corrected chi connectivity index (χ4v) is 3.86. The minimum atomic E-state index is -0.331. The number of hydrogen-bond acceptors (Lipinski definition) is 4. The van der Waals surface area contributed by atoms with Crippen LogP contribution in [-0.4, -0.2) is 30.7 Å². The number of benzene rings is 3. The Morgan fingerprint density at radius 3 is 2.32 bits per heavy atom. The molecule has 0 unspecified atom stereocenters. The smallest absolute Gasteiger partial charge is 0.253 e. The Kier molecular flexibility index (Phi) is 8.12. The zero-order chi connectivity index (χ0) is 22.1. The van der Waals surface area contributed by atoms with Gasteiger partial charge in [-0.25, -0.2) is 0 Å². The predicted octanol–water partition coefficient (Wildman–Crippen LogP) is 4.79. The highest BCUT2D eigenvalue weighted by Gasteiger charge is 2.18. The third-order valence-corrected chi connectivity index (χ3v) is 5.83. The molecule has 0 saturated heterocycles. The van der Waals surface area contributed by atoms with Crippen molar-refractivity contribution in [2.45, 2.75) is 23.5 Å². The molecule has 3 aromatic rings. The Labute approximate surface area is 187 Å². The lowest BCUT2D eigenvalue weighted by Crippen LogP contribution is -2.28. The molecule has 0 fully saturated rings. The molecule has 5 nitrogen and oxygen atoms in total. The number of nitrogens with one attached hydrogen (secondary N) is 2. The van der Waals surface area contributed by atoms with Gasteiger partial charge in [0, 0.05) is 11.4 Å². The fraction of sp³-hybridized carbons (Fsp3) is 0.200. The van der Waals surface area contributed by atoms with E-state index in [4.69, 9.17) is 4.74 Å². The minimum Gasteiger partial charge on any atom is -0.497 e. The van der Waals surface area contributed by atoms with Gasteiger partial charge in [0.1, 0.15) is 5.75 Å². The Hall–Kier alpha value is -3.25. The quantitative estimate of drug-likeness (QED) is 0.475. The van der Waals surface area contributed by atoms with Crippen molar-refractivity contribution in [3.05, 3.63) is 90.0 Å². The number of ether oxygens (including phenoxy) is 1. The van der Waals surface area contributed by atoms with Crippen LogP contribution in [0.3, 0.4) is 0 Å². The number of rotatable bonds is 9. The largest absolute Gasteiger partial charge is 0.497 e. The Balaban J connectivity index is 1.58. The molecule has 2 amide bonds. The predicted molar refractivity (Wildman–Crippen MR) is 126 cm³/mol. The summed E-state index contributed by atoms with van der Waals surface area (Å²) in [4.78, 5) is 26.4. The van der Waals surface area contributed by atoms with Gasteiger partial charge in [-0.15, -0.1) is 11.8 Å². The normalized spacial score (nSPS) is 11.4. The molecule has 3 aromatic carbocycles. The summed E-state index contributed by atoms with van der Waals surface area (Å²) < 4.78 is 5.16. The molecule has 0 heterocycles. The summed E-state index contributed by atoms with van der Waals surface area (Å²) in [6, 6.07) is 24.6. The average molecular weight is 435 g/mol. The standard InChI is InChI=1S/C25H26N2O3S/c1-18(31-21-14-12-20(30-2)13-15-21)24(28)27-23-11-7-6-10-22(23)25(29)26-17-16-19-8-4-3-5-9-19/h3-15,18H,16-17H2,1-2H3,(H,26,29)(H,27,28)/t18-/m0/s1. The van der Waals surface area contributed by atoms with E-state index in [0.29, 0.717) is 17.8 Å². The van der Waals surface area contributed by atoms with Crippen LogP contribution in [-0.2, 0) is 11.2 Å². The third-order valence-electron chi connectivity index (χ3n) is 4.71. The van der Waals surface area contributed by atoms with Crippen molar-refractivity contribution in [1.29, 1.82) is 0 Å². The minimum absolute atomic E-state index is 0.162. The molecule has 2 N–H and O–H groups in total. The molecule has 3 rings (SSSR count). The summed E-state index contributed by atoms with van der Waals surface area (Å²) in [5, 5.41) is 5.50. The molecule has 0 bridgehead atoms. The highest BCUT2D eigenvalue weighted by Crippen LogP contribution is 2.26. The first kappa shape index (κ1) is 22.4. The van der Waals surface area contributed by atoms with Crippen LogP contribution in [0.4, 0.5) is 5.69 Å². The molecule has 0 radical (unpaired) electrons. The van der Waals surface area contributed by atoms with Gasteiger partial charge in [-0.1, -0.05) is 42.5 Å². The van der Waals surface area contributed by atoms with Crippen LogP contribution in [0.25, 0.3) is 0 Å². The molecule has 1 atom stereocenters. The van der Waals surface area contributed by atoms with E-state index >= 15 is 0 Å². The lowest BCUT2D eigenvalue weighted by molar-refractivity contribution is -0.115. The van der Waals surface area contributed by atoms with Crippen molar-refractivity contribution >= 4 is 29.3 Å². The number of carbonyl (C=O) groups is 2. The van der Waals surface area contributed by atoms with Crippen LogP contribution in [0, 0.1) is 0 Å². The van der Waals surface area contributed by atoms with Gasteiger partial charge in [-0.2, -0.15) is 0 Å². The van der Waals surface area contributed by atoms with E-state index in [2.05, 4.69) is 10.6 Å². The summed E-state index contributed by atoms with van der Waals surface area (Å²) in [7, 11) is 1.62.